The van der Waals surface area contributed by atoms with E-state index in [1.807, 2.05) is 24.4 Å². The largest absolute Gasteiger partial charge is 0.381 e. The summed E-state index contributed by atoms with van der Waals surface area (Å²) in [5.41, 5.74) is 6.26. The predicted molar refractivity (Wildman–Crippen MR) is 134 cm³/mol. The third-order valence-electron chi connectivity index (χ3n) is 6.04. The van der Waals surface area contributed by atoms with Gasteiger partial charge in [0.1, 0.15) is 0 Å². The van der Waals surface area contributed by atoms with Crippen LogP contribution in [0.3, 0.4) is 0 Å². The van der Waals surface area contributed by atoms with Crippen molar-refractivity contribution >= 4 is 17.7 Å². The van der Waals surface area contributed by atoms with E-state index in [0.717, 1.165) is 55.0 Å². The van der Waals surface area contributed by atoms with Crippen LogP contribution in [0, 0.1) is 6.92 Å². The summed E-state index contributed by atoms with van der Waals surface area (Å²) in [5, 5.41) is 2.93. The van der Waals surface area contributed by atoms with E-state index in [1.54, 1.807) is 18.3 Å². The molecule has 170 valence electrons. The van der Waals surface area contributed by atoms with Crippen molar-refractivity contribution in [2.75, 3.05) is 25.6 Å². The minimum atomic E-state index is -0.164. The monoisotopic (exact) mass is 441 g/mol. The summed E-state index contributed by atoms with van der Waals surface area (Å²) in [6.45, 7) is 4.65. The van der Waals surface area contributed by atoms with Gasteiger partial charge in [-0.3, -0.25) is 14.7 Å². The van der Waals surface area contributed by atoms with E-state index >= 15 is 0 Å². The van der Waals surface area contributed by atoms with Crippen molar-refractivity contribution in [2.24, 2.45) is 0 Å². The summed E-state index contributed by atoms with van der Waals surface area (Å²) in [7, 11) is 2.17. The molecule has 0 bridgehead atoms. The smallest absolute Gasteiger partial charge is 0.248 e. The molecule has 1 amide bonds. The summed E-state index contributed by atoms with van der Waals surface area (Å²) >= 11 is 0. The maximum absolute atomic E-state index is 12.4. The van der Waals surface area contributed by atoms with Crippen LogP contribution in [-0.2, 0) is 16.1 Å². The number of amides is 1. The highest BCUT2D eigenvalue weighted by Gasteiger charge is 2.18. The molecule has 1 N–H and O–H groups in total. The molecule has 5 nitrogen and oxygen atoms in total. The fourth-order valence-corrected chi connectivity index (χ4v) is 4.05. The Morgan fingerprint density at radius 1 is 1.06 bits per heavy atom. The lowest BCUT2D eigenvalue weighted by atomic mass is 10.0. The van der Waals surface area contributed by atoms with Gasteiger partial charge in [-0.1, -0.05) is 42.0 Å². The Kier molecular flexibility index (Phi) is 7.66. The van der Waals surface area contributed by atoms with Crippen molar-refractivity contribution in [3.8, 4) is 11.1 Å². The maximum Gasteiger partial charge on any atom is 0.248 e. The van der Waals surface area contributed by atoms with Gasteiger partial charge in [0.2, 0.25) is 5.91 Å². The molecule has 4 rings (SSSR count). The minimum absolute atomic E-state index is 0.164. The third kappa shape index (κ3) is 6.60. The summed E-state index contributed by atoms with van der Waals surface area (Å²) in [6, 6.07) is 19.0. The SMILES string of the molecule is Cc1ccc(-c2cncc(/C=C/C(=O)Nc3ccc(CN(C)C4CCOCC4)cc3)c2)cc1. The number of nitrogens with one attached hydrogen (secondary N) is 1. The van der Waals surface area contributed by atoms with E-state index < -0.39 is 0 Å². The number of hydrogen-bond donors (Lipinski definition) is 1. The number of aromatic nitrogens is 1. The van der Waals surface area contributed by atoms with Crippen LogP contribution >= 0.6 is 0 Å². The van der Waals surface area contributed by atoms with Crippen molar-refractivity contribution in [3.05, 3.63) is 89.8 Å². The van der Waals surface area contributed by atoms with E-state index in [4.69, 9.17) is 4.74 Å². The van der Waals surface area contributed by atoms with E-state index in [0.29, 0.717) is 6.04 Å². The average molecular weight is 442 g/mol. The molecule has 1 aromatic heterocycles. The van der Waals surface area contributed by atoms with Gasteiger partial charge in [0, 0.05) is 55.5 Å². The van der Waals surface area contributed by atoms with Crippen LogP contribution in [-0.4, -0.2) is 42.1 Å². The summed E-state index contributed by atoms with van der Waals surface area (Å²) < 4.78 is 5.45. The molecule has 2 heterocycles. The van der Waals surface area contributed by atoms with Gasteiger partial charge in [0.05, 0.1) is 0 Å². The molecule has 0 unspecified atom stereocenters. The van der Waals surface area contributed by atoms with Crippen molar-refractivity contribution in [1.29, 1.82) is 0 Å². The zero-order chi connectivity index (χ0) is 23.0. The van der Waals surface area contributed by atoms with E-state index in [1.165, 1.54) is 11.1 Å². The lowest BCUT2D eigenvalue weighted by Crippen LogP contribution is -2.36. The average Bonchev–Trinajstić information content (AvgIpc) is 2.85. The topological polar surface area (TPSA) is 54.5 Å². The van der Waals surface area contributed by atoms with Gasteiger partial charge in [0.15, 0.2) is 0 Å². The first-order valence-electron chi connectivity index (χ1n) is 11.4. The van der Waals surface area contributed by atoms with Crippen molar-refractivity contribution in [1.82, 2.24) is 9.88 Å². The second-order valence-electron chi connectivity index (χ2n) is 8.65. The first-order valence-corrected chi connectivity index (χ1v) is 11.4. The number of carbonyl (C=O) groups excluding carboxylic acids is 1. The lowest BCUT2D eigenvalue weighted by molar-refractivity contribution is -0.111. The number of nitrogens with zero attached hydrogens (tertiary/aromatic N) is 2. The molecule has 0 spiro atoms. The summed E-state index contributed by atoms with van der Waals surface area (Å²) in [4.78, 5) is 19.1. The highest BCUT2D eigenvalue weighted by molar-refractivity contribution is 6.01. The number of carbonyl (C=O) groups is 1. The van der Waals surface area contributed by atoms with Gasteiger partial charge in [-0.25, -0.2) is 0 Å². The highest BCUT2D eigenvalue weighted by atomic mass is 16.5. The molecule has 0 atom stereocenters. The van der Waals surface area contributed by atoms with E-state index in [9.17, 15) is 4.79 Å². The van der Waals surface area contributed by atoms with Gasteiger partial charge in [0.25, 0.3) is 0 Å². The zero-order valence-electron chi connectivity index (χ0n) is 19.3. The number of anilines is 1. The Morgan fingerprint density at radius 3 is 2.52 bits per heavy atom. The Labute approximate surface area is 196 Å². The molecule has 0 aliphatic carbocycles. The zero-order valence-corrected chi connectivity index (χ0v) is 19.3. The molecule has 1 saturated heterocycles. The molecule has 5 heteroatoms. The molecule has 0 radical (unpaired) electrons. The van der Waals surface area contributed by atoms with E-state index in [2.05, 4.69) is 65.6 Å². The summed E-state index contributed by atoms with van der Waals surface area (Å²) in [6.07, 6.45) is 9.09. The van der Waals surface area contributed by atoms with Crippen LogP contribution in [0.2, 0.25) is 0 Å². The number of benzene rings is 2. The van der Waals surface area contributed by atoms with Gasteiger partial charge in [-0.15, -0.1) is 0 Å². The third-order valence-corrected chi connectivity index (χ3v) is 6.04. The van der Waals surface area contributed by atoms with E-state index in [-0.39, 0.29) is 5.91 Å². The molecule has 0 saturated carbocycles. The molecular weight excluding hydrogens is 410 g/mol. The second-order valence-corrected chi connectivity index (χ2v) is 8.65. The molecule has 3 aromatic rings. The van der Waals surface area contributed by atoms with Gasteiger partial charge >= 0.3 is 0 Å². The minimum Gasteiger partial charge on any atom is -0.381 e. The maximum atomic E-state index is 12.4. The van der Waals surface area contributed by atoms with Gasteiger partial charge < -0.3 is 10.1 Å². The standard InChI is InChI=1S/C28H31N3O2/c1-21-3-8-24(9-4-21)25-17-23(18-29-19-25)7-12-28(32)30-26-10-5-22(6-11-26)20-31(2)27-13-15-33-16-14-27/h3-12,17-19,27H,13-16,20H2,1-2H3,(H,30,32)/b12-7+. The Morgan fingerprint density at radius 2 is 1.79 bits per heavy atom. The molecule has 1 aliphatic rings. The molecular formula is C28H31N3O2. The van der Waals surface area contributed by atoms with Crippen LogP contribution in [0.25, 0.3) is 17.2 Å². The first kappa shape index (κ1) is 22.9. The Hall–Kier alpha value is -3.28. The highest BCUT2D eigenvalue weighted by Crippen LogP contribution is 2.21. The first-order chi connectivity index (χ1) is 16.1. The number of pyridine rings is 1. The predicted octanol–water partition coefficient (Wildman–Crippen LogP) is 5.32. The van der Waals surface area contributed by atoms with Crippen LogP contribution in [0.4, 0.5) is 5.69 Å². The lowest BCUT2D eigenvalue weighted by Gasteiger charge is -2.31. The Bertz CT molecular complexity index is 1080. The van der Waals surface area contributed by atoms with Crippen LogP contribution in [0.1, 0.15) is 29.5 Å². The number of rotatable bonds is 7. The fraction of sp³-hybridized carbons (Fsp3) is 0.286. The normalized spacial score (nSPS) is 14.6. The molecule has 1 fully saturated rings. The van der Waals surface area contributed by atoms with Crippen molar-refractivity contribution < 1.29 is 9.53 Å². The molecule has 1 aliphatic heterocycles. The van der Waals surface area contributed by atoms with Crippen molar-refractivity contribution in [3.63, 3.8) is 0 Å². The Balaban J connectivity index is 1.32. The second kappa shape index (κ2) is 11.0. The molecule has 2 aromatic carbocycles. The van der Waals surface area contributed by atoms with Gasteiger partial charge in [-0.05, 0) is 67.8 Å². The van der Waals surface area contributed by atoms with Crippen LogP contribution in [0.5, 0.6) is 0 Å². The number of ether oxygens (including phenoxy) is 1. The van der Waals surface area contributed by atoms with Crippen LogP contribution < -0.4 is 5.32 Å². The molecule has 33 heavy (non-hydrogen) atoms. The quantitative estimate of drug-likeness (QED) is 0.504. The number of aryl methyl sites for hydroxylation is 1. The van der Waals surface area contributed by atoms with Gasteiger partial charge in [-0.2, -0.15) is 0 Å². The number of hydrogen-bond acceptors (Lipinski definition) is 4. The van der Waals surface area contributed by atoms with Crippen molar-refractivity contribution in [2.45, 2.75) is 32.4 Å². The summed E-state index contributed by atoms with van der Waals surface area (Å²) in [5.74, 6) is -0.164. The fourth-order valence-electron chi connectivity index (χ4n) is 4.05. The van der Waals surface area contributed by atoms with Crippen LogP contribution in [0.15, 0.2) is 73.1 Å².